The number of nitrogens with two attached hydrogens (primary N) is 2. The summed E-state index contributed by atoms with van der Waals surface area (Å²) in [5, 5.41) is 13.0. The number of likely N-dealkylation sites (tertiary alicyclic amines) is 2. The van der Waals surface area contributed by atoms with E-state index in [2.05, 4.69) is 43.5 Å². The summed E-state index contributed by atoms with van der Waals surface area (Å²) in [4.78, 5) is 27.6. The Labute approximate surface area is 361 Å². The standard InChI is InChI=1S/C24H28FN3O3.C24H29N3O4/c1-30-19-5-6-23(31-2)20(14-19)21(25)15-27-10-8-18(9-11-27)28-12-7-16-3-4-17(24(26)29)13-22(16)28;1-30-19-5-6-23(31-2)20(14-19)22(28)15-26-10-8-18(9-11-26)27-12-7-16-3-4-17(24(25)29)13-21(16)27/h3-7,12-14,18,21H,8-11,15H2,1-2H3,(H2,26,29);3-7,12-14,18,22,28H,8-11,15H2,1-2H3,(H2,25,29). The van der Waals surface area contributed by atoms with Crippen LogP contribution in [0.1, 0.15) is 81.9 Å². The SMILES string of the molecule is COc1ccc(OC)c(C(F)CN2CCC(n3ccc4ccc(C(N)=O)cc43)CC2)c1.COc1ccc(OC)c(C(O)CN2CCC(n3ccc4ccc(C(N)=O)cc43)CC2)c1. The van der Waals surface area contributed by atoms with Gasteiger partial charge in [0.05, 0.1) is 34.5 Å². The van der Waals surface area contributed by atoms with Crippen molar-refractivity contribution in [1.82, 2.24) is 18.9 Å². The number of piperidine rings is 2. The van der Waals surface area contributed by atoms with Gasteiger partial charge in [-0.1, -0.05) is 12.1 Å². The molecule has 0 radical (unpaired) electrons. The van der Waals surface area contributed by atoms with Crippen LogP contribution in [0.4, 0.5) is 4.39 Å². The number of primary amides is 2. The molecule has 62 heavy (non-hydrogen) atoms. The maximum absolute atomic E-state index is 15.2. The number of benzene rings is 4. The number of carbonyl (C=O) groups is 2. The van der Waals surface area contributed by atoms with Crippen molar-refractivity contribution in [3.8, 4) is 23.0 Å². The Hall–Kier alpha value is -6.09. The summed E-state index contributed by atoms with van der Waals surface area (Å²) in [6, 6.07) is 26.6. The second-order valence-corrected chi connectivity index (χ2v) is 16.0. The Morgan fingerprint density at radius 2 is 1.05 bits per heavy atom. The number of halogens is 1. The number of nitrogens with zero attached hydrogens (tertiary/aromatic N) is 4. The van der Waals surface area contributed by atoms with Crippen molar-refractivity contribution in [2.24, 2.45) is 11.5 Å². The summed E-state index contributed by atoms with van der Waals surface area (Å²) in [5.41, 5.74) is 15.2. The molecule has 2 aliphatic rings. The van der Waals surface area contributed by atoms with Gasteiger partial charge in [0.1, 0.15) is 29.2 Å². The zero-order valence-electron chi connectivity index (χ0n) is 35.8. The van der Waals surface area contributed by atoms with Gasteiger partial charge in [-0.15, -0.1) is 0 Å². The van der Waals surface area contributed by atoms with E-state index in [4.69, 9.17) is 30.4 Å². The number of amides is 2. The van der Waals surface area contributed by atoms with Crippen LogP contribution >= 0.6 is 0 Å². The van der Waals surface area contributed by atoms with Gasteiger partial charge in [-0.05, 0) is 109 Å². The lowest BCUT2D eigenvalue weighted by Crippen LogP contribution is -2.37. The molecule has 13 nitrogen and oxygen atoms in total. The Balaban J connectivity index is 0.000000186. The first-order valence-electron chi connectivity index (χ1n) is 21.0. The number of methoxy groups -OCH3 is 4. The van der Waals surface area contributed by atoms with Gasteiger partial charge in [0, 0.05) is 97.0 Å². The zero-order chi connectivity index (χ0) is 43.9. The fraction of sp³-hybridized carbons (Fsp3) is 0.375. The van der Waals surface area contributed by atoms with Crippen molar-refractivity contribution < 1.29 is 38.0 Å². The monoisotopic (exact) mass is 848 g/mol. The van der Waals surface area contributed by atoms with Crippen LogP contribution in [-0.2, 0) is 0 Å². The molecule has 0 bridgehead atoms. The summed E-state index contributed by atoms with van der Waals surface area (Å²) in [5.74, 6) is 1.67. The molecule has 4 heterocycles. The van der Waals surface area contributed by atoms with Crippen LogP contribution in [0.5, 0.6) is 23.0 Å². The Bertz CT molecular complexity index is 2320. The predicted molar refractivity (Wildman–Crippen MR) is 238 cm³/mol. The van der Waals surface area contributed by atoms with Crippen molar-refractivity contribution in [1.29, 1.82) is 0 Å². The number of aromatic nitrogens is 2. The quantitative estimate of drug-likeness (QED) is 0.103. The maximum Gasteiger partial charge on any atom is 0.248 e. The molecule has 2 aromatic heterocycles. The fourth-order valence-corrected chi connectivity index (χ4v) is 8.85. The molecule has 2 amide bonds. The minimum atomic E-state index is -1.16. The van der Waals surface area contributed by atoms with E-state index in [1.54, 1.807) is 58.8 Å². The lowest BCUT2D eigenvalue weighted by molar-refractivity contribution is 0.0892. The number of aliphatic hydroxyl groups excluding tert-OH is 1. The molecule has 328 valence electrons. The average molecular weight is 849 g/mol. The molecular weight excluding hydrogens is 792 g/mol. The lowest BCUT2D eigenvalue weighted by Gasteiger charge is -2.34. The normalized spacial score (nSPS) is 16.4. The van der Waals surface area contributed by atoms with Crippen LogP contribution in [0.2, 0.25) is 0 Å². The van der Waals surface area contributed by atoms with E-state index >= 15 is 4.39 Å². The topological polar surface area (TPSA) is 160 Å². The average Bonchev–Trinajstić information content (AvgIpc) is 3.93. The van der Waals surface area contributed by atoms with Gasteiger partial charge in [0.25, 0.3) is 0 Å². The van der Waals surface area contributed by atoms with Gasteiger partial charge >= 0.3 is 0 Å². The molecule has 5 N–H and O–H groups in total. The van der Waals surface area contributed by atoms with Crippen molar-refractivity contribution in [2.45, 2.75) is 50.0 Å². The van der Waals surface area contributed by atoms with Crippen molar-refractivity contribution in [2.75, 3.05) is 67.7 Å². The molecule has 14 heteroatoms. The number of aliphatic hydroxyl groups is 1. The Morgan fingerprint density at radius 1 is 0.613 bits per heavy atom. The van der Waals surface area contributed by atoms with Crippen LogP contribution in [0, 0.1) is 0 Å². The van der Waals surface area contributed by atoms with Gasteiger partial charge in [-0.25, -0.2) is 4.39 Å². The van der Waals surface area contributed by atoms with Gasteiger partial charge in [0.2, 0.25) is 11.8 Å². The third-order valence-electron chi connectivity index (χ3n) is 12.3. The second-order valence-electron chi connectivity index (χ2n) is 16.0. The van der Waals surface area contributed by atoms with E-state index in [0.717, 1.165) is 79.2 Å². The van der Waals surface area contributed by atoms with Gasteiger partial charge in [0.15, 0.2) is 0 Å². The molecule has 0 saturated carbocycles. The van der Waals surface area contributed by atoms with Crippen LogP contribution in [0.25, 0.3) is 21.8 Å². The third kappa shape index (κ3) is 9.83. The predicted octanol–water partition coefficient (Wildman–Crippen LogP) is 7.23. The highest BCUT2D eigenvalue weighted by atomic mass is 19.1. The van der Waals surface area contributed by atoms with E-state index in [0.29, 0.717) is 64.9 Å². The van der Waals surface area contributed by atoms with Gasteiger partial charge in [-0.2, -0.15) is 0 Å². The summed E-state index contributed by atoms with van der Waals surface area (Å²) in [7, 11) is 6.34. The molecule has 2 saturated heterocycles. The Kier molecular flexibility index (Phi) is 14.0. The third-order valence-corrected chi connectivity index (χ3v) is 12.3. The molecule has 8 rings (SSSR count). The first-order valence-corrected chi connectivity index (χ1v) is 21.0. The van der Waals surface area contributed by atoms with Crippen LogP contribution in [-0.4, -0.2) is 104 Å². The molecule has 0 spiro atoms. The molecule has 6 aromatic rings. The second kappa shape index (κ2) is 19.7. The molecule has 2 unspecified atom stereocenters. The van der Waals surface area contributed by atoms with Gasteiger partial charge < -0.3 is 49.6 Å². The number of hydrogen-bond acceptors (Lipinski definition) is 9. The molecule has 4 aromatic carbocycles. The molecular formula is C48H57FN6O7. The van der Waals surface area contributed by atoms with Crippen molar-refractivity contribution in [3.63, 3.8) is 0 Å². The highest BCUT2D eigenvalue weighted by Gasteiger charge is 2.27. The number of fused-ring (bicyclic) bond motifs is 2. The summed E-state index contributed by atoms with van der Waals surface area (Å²) in [6.07, 6.45) is 6.08. The Morgan fingerprint density at radius 3 is 1.48 bits per heavy atom. The number of hydrogen-bond donors (Lipinski definition) is 3. The van der Waals surface area contributed by atoms with Crippen LogP contribution < -0.4 is 30.4 Å². The molecule has 2 atom stereocenters. The van der Waals surface area contributed by atoms with E-state index in [1.165, 1.54) is 0 Å². The maximum atomic E-state index is 15.2. The first kappa shape index (κ1) is 44.0. The van der Waals surface area contributed by atoms with E-state index < -0.39 is 24.1 Å². The van der Waals surface area contributed by atoms with Crippen LogP contribution in [0.15, 0.2) is 97.3 Å². The number of β-amino-alcohol motifs (C(OH)–C–C–N with tert-alkyl or cyclic N) is 1. The largest absolute Gasteiger partial charge is 0.497 e. The highest BCUT2D eigenvalue weighted by Crippen LogP contribution is 2.35. The summed E-state index contributed by atoms with van der Waals surface area (Å²) >= 11 is 0. The van der Waals surface area contributed by atoms with Gasteiger partial charge in [-0.3, -0.25) is 14.5 Å². The minimum Gasteiger partial charge on any atom is -0.497 e. The minimum absolute atomic E-state index is 0.307. The molecule has 2 fully saturated rings. The van der Waals surface area contributed by atoms with Crippen molar-refractivity contribution >= 4 is 33.6 Å². The highest BCUT2D eigenvalue weighted by molar-refractivity contribution is 5.97. The van der Waals surface area contributed by atoms with E-state index in [1.807, 2.05) is 42.5 Å². The lowest BCUT2D eigenvalue weighted by atomic mass is 10.0. The number of rotatable bonds is 14. The fourth-order valence-electron chi connectivity index (χ4n) is 8.85. The number of alkyl halides is 1. The van der Waals surface area contributed by atoms with Crippen LogP contribution in [0.3, 0.4) is 0 Å². The summed E-state index contributed by atoms with van der Waals surface area (Å²) < 4.78 is 40.9. The zero-order valence-corrected chi connectivity index (χ0v) is 35.8. The first-order chi connectivity index (χ1) is 30.0. The number of carbonyl (C=O) groups excluding carboxylic acids is 2. The number of ether oxygens (including phenoxy) is 4. The molecule has 2 aliphatic heterocycles. The van der Waals surface area contributed by atoms with E-state index in [9.17, 15) is 14.7 Å². The van der Waals surface area contributed by atoms with E-state index in [-0.39, 0.29) is 0 Å². The molecule has 0 aliphatic carbocycles. The van der Waals surface area contributed by atoms with Crippen molar-refractivity contribution in [3.05, 3.63) is 120 Å². The summed E-state index contributed by atoms with van der Waals surface area (Å²) in [6.45, 7) is 4.20. The smallest absolute Gasteiger partial charge is 0.248 e.